The van der Waals surface area contributed by atoms with Crippen molar-refractivity contribution >= 4 is 0 Å². The molecular weight excluding hydrogens is 324 g/mol. The molecule has 1 atom stereocenters. The quantitative estimate of drug-likeness (QED) is 0.753. The van der Waals surface area contributed by atoms with Crippen LogP contribution in [0, 0.1) is 11.6 Å². The lowest BCUT2D eigenvalue weighted by molar-refractivity contribution is 0.00689. The Balaban J connectivity index is 1.49. The highest BCUT2D eigenvalue weighted by Gasteiger charge is 2.30. The maximum atomic E-state index is 13.9. The molecule has 0 heterocycles. The molecule has 3 rings (SSSR count). The minimum absolute atomic E-state index is 0.226. The molecule has 0 amide bonds. The first-order valence-electron chi connectivity index (χ1n) is 8.59. The van der Waals surface area contributed by atoms with Gasteiger partial charge in [-0.2, -0.15) is 0 Å². The van der Waals surface area contributed by atoms with Gasteiger partial charge in [-0.05, 0) is 24.5 Å². The Morgan fingerprint density at radius 3 is 2.56 bits per heavy atom. The molecule has 134 valence electrons. The number of aliphatic hydroxyl groups is 1. The molecule has 1 fully saturated rings. The van der Waals surface area contributed by atoms with E-state index in [0.717, 1.165) is 24.5 Å². The van der Waals surface area contributed by atoms with Crippen molar-refractivity contribution in [2.45, 2.75) is 38.1 Å². The molecule has 0 radical (unpaired) electrons. The van der Waals surface area contributed by atoms with Crippen LogP contribution < -0.4 is 0 Å². The standard InChI is InChI=1S/C20H23F2NO2/c21-17-7-6-16(20(22)10-17)11-23(18-8-9-18)12-19(24)14-25-13-15-4-2-1-3-5-15/h1-7,10,18-19,24H,8-9,11-14H2. The summed E-state index contributed by atoms with van der Waals surface area (Å²) in [4.78, 5) is 2.05. The van der Waals surface area contributed by atoms with Crippen LogP contribution in [0.15, 0.2) is 48.5 Å². The zero-order valence-corrected chi connectivity index (χ0v) is 14.1. The molecule has 0 spiro atoms. The molecule has 25 heavy (non-hydrogen) atoms. The van der Waals surface area contributed by atoms with Gasteiger partial charge in [-0.1, -0.05) is 36.4 Å². The number of benzene rings is 2. The molecule has 0 bridgehead atoms. The number of halogens is 2. The Kier molecular flexibility index (Phi) is 6.13. The summed E-state index contributed by atoms with van der Waals surface area (Å²) >= 11 is 0. The zero-order chi connectivity index (χ0) is 17.6. The Bertz CT molecular complexity index is 677. The fraction of sp³-hybridized carbons (Fsp3) is 0.400. The molecule has 1 aliphatic carbocycles. The van der Waals surface area contributed by atoms with Gasteiger partial charge in [-0.3, -0.25) is 4.90 Å². The van der Waals surface area contributed by atoms with Crippen LogP contribution in [-0.2, 0) is 17.9 Å². The topological polar surface area (TPSA) is 32.7 Å². The van der Waals surface area contributed by atoms with Crippen molar-refractivity contribution in [3.05, 3.63) is 71.3 Å². The van der Waals surface area contributed by atoms with Crippen LogP contribution in [-0.4, -0.2) is 35.3 Å². The maximum absolute atomic E-state index is 13.9. The van der Waals surface area contributed by atoms with E-state index in [1.54, 1.807) is 0 Å². The number of rotatable bonds is 9. The third-order valence-corrected chi connectivity index (χ3v) is 4.32. The van der Waals surface area contributed by atoms with Gasteiger partial charge >= 0.3 is 0 Å². The third-order valence-electron chi connectivity index (χ3n) is 4.32. The van der Waals surface area contributed by atoms with E-state index >= 15 is 0 Å². The number of hydrogen-bond acceptors (Lipinski definition) is 3. The Hall–Kier alpha value is -1.82. The molecule has 0 aromatic heterocycles. The van der Waals surface area contributed by atoms with Crippen LogP contribution in [0.2, 0.25) is 0 Å². The Morgan fingerprint density at radius 1 is 1.12 bits per heavy atom. The average Bonchev–Trinajstić information content (AvgIpc) is 3.42. The summed E-state index contributed by atoms with van der Waals surface area (Å²) < 4.78 is 32.5. The summed E-state index contributed by atoms with van der Waals surface area (Å²) in [5.74, 6) is -1.12. The van der Waals surface area contributed by atoms with Crippen molar-refractivity contribution in [1.29, 1.82) is 0 Å². The van der Waals surface area contributed by atoms with Gasteiger partial charge in [0.05, 0.1) is 19.3 Å². The van der Waals surface area contributed by atoms with Gasteiger partial charge in [-0.15, -0.1) is 0 Å². The van der Waals surface area contributed by atoms with Crippen LogP contribution in [0.3, 0.4) is 0 Å². The first-order valence-corrected chi connectivity index (χ1v) is 8.59. The van der Waals surface area contributed by atoms with Crippen molar-refractivity contribution in [2.75, 3.05) is 13.2 Å². The van der Waals surface area contributed by atoms with Crippen molar-refractivity contribution in [2.24, 2.45) is 0 Å². The van der Waals surface area contributed by atoms with Crippen LogP contribution in [0.5, 0.6) is 0 Å². The van der Waals surface area contributed by atoms with Gasteiger partial charge < -0.3 is 9.84 Å². The second-order valence-corrected chi connectivity index (χ2v) is 6.55. The number of nitrogens with zero attached hydrogens (tertiary/aromatic N) is 1. The summed E-state index contributed by atoms with van der Waals surface area (Å²) in [7, 11) is 0. The van der Waals surface area contributed by atoms with E-state index in [0.29, 0.717) is 31.3 Å². The lowest BCUT2D eigenvalue weighted by Crippen LogP contribution is -2.36. The summed E-state index contributed by atoms with van der Waals surface area (Å²) in [5.41, 5.74) is 1.51. The van der Waals surface area contributed by atoms with Crippen LogP contribution in [0.25, 0.3) is 0 Å². The molecule has 1 N–H and O–H groups in total. The Labute approximate surface area is 146 Å². The van der Waals surface area contributed by atoms with Gasteiger partial charge in [0.1, 0.15) is 11.6 Å². The number of ether oxygens (including phenoxy) is 1. The van der Waals surface area contributed by atoms with Gasteiger partial charge in [0.2, 0.25) is 0 Å². The largest absolute Gasteiger partial charge is 0.389 e. The molecule has 3 nitrogen and oxygen atoms in total. The van der Waals surface area contributed by atoms with Crippen molar-refractivity contribution in [3.8, 4) is 0 Å². The van der Waals surface area contributed by atoms with Gasteiger partial charge in [0, 0.05) is 30.8 Å². The summed E-state index contributed by atoms with van der Waals surface area (Å²) in [6.45, 7) is 1.46. The average molecular weight is 347 g/mol. The minimum atomic E-state index is -0.646. The number of aliphatic hydroxyl groups excluding tert-OH is 1. The SMILES string of the molecule is OC(COCc1ccccc1)CN(Cc1ccc(F)cc1F)C1CC1. The molecule has 2 aromatic carbocycles. The molecule has 2 aromatic rings. The summed E-state index contributed by atoms with van der Waals surface area (Å²) in [5, 5.41) is 10.2. The van der Waals surface area contributed by atoms with E-state index in [1.807, 2.05) is 35.2 Å². The highest BCUT2D eigenvalue weighted by molar-refractivity contribution is 5.19. The fourth-order valence-electron chi connectivity index (χ4n) is 2.86. The van der Waals surface area contributed by atoms with Crippen LogP contribution in [0.4, 0.5) is 8.78 Å². The van der Waals surface area contributed by atoms with Crippen LogP contribution in [0.1, 0.15) is 24.0 Å². The molecular formula is C20H23F2NO2. The Morgan fingerprint density at radius 2 is 1.88 bits per heavy atom. The first-order chi connectivity index (χ1) is 12.1. The maximum Gasteiger partial charge on any atom is 0.130 e. The zero-order valence-electron chi connectivity index (χ0n) is 14.1. The van der Waals surface area contributed by atoms with E-state index in [9.17, 15) is 13.9 Å². The predicted octanol–water partition coefficient (Wildman–Crippen LogP) is 3.51. The van der Waals surface area contributed by atoms with Crippen LogP contribution >= 0.6 is 0 Å². The summed E-state index contributed by atoms with van der Waals surface area (Å²) in [6.07, 6.45) is 1.44. The highest BCUT2D eigenvalue weighted by Crippen LogP contribution is 2.29. The molecule has 1 aliphatic rings. The fourth-order valence-corrected chi connectivity index (χ4v) is 2.86. The summed E-state index contributed by atoms with van der Waals surface area (Å²) in [6, 6.07) is 13.8. The molecule has 5 heteroatoms. The van der Waals surface area contributed by atoms with Gasteiger partial charge in [0.25, 0.3) is 0 Å². The third kappa shape index (κ3) is 5.59. The minimum Gasteiger partial charge on any atom is -0.389 e. The normalized spacial score (nSPS) is 15.5. The van der Waals surface area contributed by atoms with E-state index in [2.05, 4.69) is 0 Å². The van der Waals surface area contributed by atoms with Gasteiger partial charge in [-0.25, -0.2) is 8.78 Å². The van der Waals surface area contributed by atoms with E-state index in [4.69, 9.17) is 4.74 Å². The van der Waals surface area contributed by atoms with E-state index in [-0.39, 0.29) is 6.61 Å². The highest BCUT2D eigenvalue weighted by atomic mass is 19.1. The lowest BCUT2D eigenvalue weighted by atomic mass is 10.2. The van der Waals surface area contributed by atoms with E-state index in [1.165, 1.54) is 12.1 Å². The molecule has 0 saturated heterocycles. The second-order valence-electron chi connectivity index (χ2n) is 6.55. The van der Waals surface area contributed by atoms with E-state index < -0.39 is 17.7 Å². The van der Waals surface area contributed by atoms with Crippen molar-refractivity contribution < 1.29 is 18.6 Å². The molecule has 0 aliphatic heterocycles. The van der Waals surface area contributed by atoms with Crippen molar-refractivity contribution in [1.82, 2.24) is 4.90 Å². The lowest BCUT2D eigenvalue weighted by Gasteiger charge is -2.25. The monoisotopic (exact) mass is 347 g/mol. The molecule has 1 saturated carbocycles. The predicted molar refractivity (Wildman–Crippen MR) is 91.9 cm³/mol. The smallest absolute Gasteiger partial charge is 0.130 e. The second kappa shape index (κ2) is 8.52. The van der Waals surface area contributed by atoms with Gasteiger partial charge in [0.15, 0.2) is 0 Å². The van der Waals surface area contributed by atoms with Crippen molar-refractivity contribution in [3.63, 3.8) is 0 Å². The molecule has 1 unspecified atom stereocenters. The first kappa shape index (κ1) is 18.0. The number of hydrogen-bond donors (Lipinski definition) is 1.